The quantitative estimate of drug-likeness (QED) is 0.237. The second-order valence-corrected chi connectivity index (χ2v) is 4.11. The van der Waals surface area contributed by atoms with E-state index in [-0.39, 0.29) is 12.0 Å². The van der Waals surface area contributed by atoms with Gasteiger partial charge in [-0.3, -0.25) is 0 Å². The van der Waals surface area contributed by atoms with Crippen LogP contribution in [0.1, 0.15) is 13.3 Å². The Morgan fingerprint density at radius 1 is 1.39 bits per heavy atom. The van der Waals surface area contributed by atoms with Crippen molar-refractivity contribution in [3.63, 3.8) is 0 Å². The van der Waals surface area contributed by atoms with Crippen LogP contribution >= 0.6 is 7.82 Å². The minimum absolute atomic E-state index is 0.0604. The molecule has 0 aromatic carbocycles. The Morgan fingerprint density at radius 2 is 1.78 bits per heavy atom. The van der Waals surface area contributed by atoms with Gasteiger partial charge in [0.25, 0.3) is 0 Å². The SMILES string of the molecule is C=CC(=O)OC(=O)C(=C)CC(C)O.O=P(O)(O)O. The van der Waals surface area contributed by atoms with E-state index in [0.717, 1.165) is 6.08 Å². The molecule has 0 aliphatic carbocycles. The molecule has 4 N–H and O–H groups in total. The van der Waals surface area contributed by atoms with Gasteiger partial charge in [-0.2, -0.15) is 0 Å². The third-order valence-corrected chi connectivity index (χ3v) is 1.19. The molecule has 0 amide bonds. The highest BCUT2D eigenvalue weighted by Crippen LogP contribution is 2.25. The first-order chi connectivity index (χ1) is 7.97. The Kier molecular flexibility index (Phi) is 9.24. The molecule has 104 valence electrons. The molecule has 0 aromatic heterocycles. The first-order valence-electron chi connectivity index (χ1n) is 4.50. The molecule has 1 unspecified atom stereocenters. The van der Waals surface area contributed by atoms with Gasteiger partial charge in [0.05, 0.1) is 6.10 Å². The molecule has 0 bridgehead atoms. The second-order valence-electron chi connectivity index (χ2n) is 3.08. The van der Waals surface area contributed by atoms with Gasteiger partial charge in [-0.15, -0.1) is 0 Å². The molecule has 0 aromatic rings. The summed E-state index contributed by atoms with van der Waals surface area (Å²) in [6, 6.07) is 0. The molecule has 18 heavy (non-hydrogen) atoms. The topological polar surface area (TPSA) is 141 Å². The summed E-state index contributed by atoms with van der Waals surface area (Å²) >= 11 is 0. The minimum atomic E-state index is -4.64. The van der Waals surface area contributed by atoms with Crippen molar-refractivity contribution in [2.24, 2.45) is 0 Å². The van der Waals surface area contributed by atoms with Crippen molar-refractivity contribution < 1.29 is 38.7 Å². The summed E-state index contributed by atoms with van der Waals surface area (Å²) < 4.78 is 13.1. The lowest BCUT2D eigenvalue weighted by atomic mass is 10.1. The summed E-state index contributed by atoms with van der Waals surface area (Å²) in [4.78, 5) is 43.1. The van der Waals surface area contributed by atoms with E-state index in [2.05, 4.69) is 17.9 Å². The van der Waals surface area contributed by atoms with Gasteiger partial charge in [0, 0.05) is 18.1 Å². The number of esters is 2. The normalized spacial score (nSPS) is 11.6. The van der Waals surface area contributed by atoms with Crippen LogP contribution in [-0.2, 0) is 18.9 Å². The highest BCUT2D eigenvalue weighted by molar-refractivity contribution is 7.45. The molecule has 0 fully saturated rings. The maximum absolute atomic E-state index is 10.9. The van der Waals surface area contributed by atoms with Gasteiger partial charge in [0.2, 0.25) is 0 Å². The molecule has 1 atom stereocenters. The van der Waals surface area contributed by atoms with E-state index in [1.807, 2.05) is 0 Å². The van der Waals surface area contributed by atoms with Crippen molar-refractivity contribution in [2.45, 2.75) is 19.4 Å². The zero-order chi connectivity index (χ0) is 14.9. The van der Waals surface area contributed by atoms with Gasteiger partial charge < -0.3 is 24.5 Å². The fourth-order valence-electron chi connectivity index (χ4n) is 0.645. The van der Waals surface area contributed by atoms with Crippen molar-refractivity contribution in [3.05, 3.63) is 24.8 Å². The van der Waals surface area contributed by atoms with Crippen LogP contribution in [0.15, 0.2) is 24.8 Å². The standard InChI is InChI=1S/C9H12O4.H3O4P/c1-4-8(11)13-9(12)6(2)5-7(3)10;1-5(2,3)4/h4,7,10H,1-2,5H2,3H3;(H3,1,2,3,4). The van der Waals surface area contributed by atoms with Crippen LogP contribution in [0.25, 0.3) is 0 Å². The molecule has 0 aliphatic rings. The average Bonchev–Trinajstić information content (AvgIpc) is 2.13. The Balaban J connectivity index is 0. The van der Waals surface area contributed by atoms with Crippen molar-refractivity contribution in [3.8, 4) is 0 Å². The van der Waals surface area contributed by atoms with Gasteiger partial charge in [0.15, 0.2) is 0 Å². The monoisotopic (exact) mass is 282 g/mol. The number of carbonyl (C=O) groups excluding carboxylic acids is 2. The molecule has 0 saturated carbocycles. The molecular weight excluding hydrogens is 267 g/mol. The highest BCUT2D eigenvalue weighted by Gasteiger charge is 2.13. The average molecular weight is 282 g/mol. The lowest BCUT2D eigenvalue weighted by Crippen LogP contribution is -2.14. The highest BCUT2D eigenvalue weighted by atomic mass is 31.2. The zero-order valence-corrected chi connectivity index (χ0v) is 10.5. The fourth-order valence-corrected chi connectivity index (χ4v) is 0.645. The molecule has 9 heteroatoms. The van der Waals surface area contributed by atoms with Crippen LogP contribution in [0.2, 0.25) is 0 Å². The van der Waals surface area contributed by atoms with Gasteiger partial charge >= 0.3 is 19.8 Å². The third kappa shape index (κ3) is 17.1. The van der Waals surface area contributed by atoms with Gasteiger partial charge in [-0.25, -0.2) is 14.2 Å². The lowest BCUT2D eigenvalue weighted by Gasteiger charge is -2.05. The summed E-state index contributed by atoms with van der Waals surface area (Å²) in [6.07, 6.45) is 0.287. The Bertz CT molecular complexity index is 358. The smallest absolute Gasteiger partial charge is 0.393 e. The van der Waals surface area contributed by atoms with Crippen molar-refractivity contribution >= 4 is 19.8 Å². The number of carbonyl (C=O) groups is 2. The summed E-state index contributed by atoms with van der Waals surface area (Å²) in [6.45, 7) is 8.00. The van der Waals surface area contributed by atoms with Crippen LogP contribution in [0.4, 0.5) is 0 Å². The van der Waals surface area contributed by atoms with E-state index in [9.17, 15) is 9.59 Å². The predicted molar refractivity (Wildman–Crippen MR) is 61.0 cm³/mol. The van der Waals surface area contributed by atoms with E-state index in [1.54, 1.807) is 0 Å². The van der Waals surface area contributed by atoms with Gasteiger partial charge in [-0.05, 0) is 6.92 Å². The number of hydrogen-bond donors (Lipinski definition) is 4. The summed E-state index contributed by atoms with van der Waals surface area (Å²) in [5, 5.41) is 8.89. The molecule has 0 spiro atoms. The first kappa shape index (κ1) is 19.0. The molecule has 0 aliphatic heterocycles. The molecule has 0 rings (SSSR count). The van der Waals surface area contributed by atoms with E-state index in [4.69, 9.17) is 24.4 Å². The zero-order valence-electron chi connectivity index (χ0n) is 9.65. The van der Waals surface area contributed by atoms with Crippen LogP contribution in [0.3, 0.4) is 0 Å². The van der Waals surface area contributed by atoms with Gasteiger partial charge in [-0.1, -0.05) is 13.2 Å². The fraction of sp³-hybridized carbons (Fsp3) is 0.333. The van der Waals surface area contributed by atoms with Crippen molar-refractivity contribution in [2.75, 3.05) is 0 Å². The Labute approximate surface area is 103 Å². The van der Waals surface area contributed by atoms with Crippen LogP contribution in [0.5, 0.6) is 0 Å². The summed E-state index contributed by atoms with van der Waals surface area (Å²) in [7, 11) is -4.64. The van der Waals surface area contributed by atoms with Crippen LogP contribution in [0, 0.1) is 0 Å². The second kappa shape index (κ2) is 8.73. The molecule has 8 nitrogen and oxygen atoms in total. The van der Waals surface area contributed by atoms with Crippen molar-refractivity contribution in [1.29, 1.82) is 0 Å². The molecule has 0 radical (unpaired) electrons. The predicted octanol–water partition coefficient (Wildman–Crippen LogP) is -0.359. The van der Waals surface area contributed by atoms with Crippen LogP contribution in [-0.4, -0.2) is 37.8 Å². The lowest BCUT2D eigenvalue weighted by molar-refractivity contribution is -0.153. The molecular formula is C9H15O8P. The number of rotatable bonds is 4. The largest absolute Gasteiger partial charge is 0.466 e. The van der Waals surface area contributed by atoms with Crippen LogP contribution < -0.4 is 0 Å². The summed E-state index contributed by atoms with van der Waals surface area (Å²) in [5.41, 5.74) is 0.0604. The molecule has 0 heterocycles. The maximum atomic E-state index is 10.9. The number of hydrogen-bond acceptors (Lipinski definition) is 5. The number of aliphatic hydroxyl groups is 1. The third-order valence-electron chi connectivity index (χ3n) is 1.19. The van der Waals surface area contributed by atoms with E-state index in [0.29, 0.717) is 0 Å². The minimum Gasteiger partial charge on any atom is -0.393 e. The van der Waals surface area contributed by atoms with Crippen molar-refractivity contribution in [1.82, 2.24) is 0 Å². The van der Waals surface area contributed by atoms with E-state index in [1.165, 1.54) is 6.92 Å². The van der Waals surface area contributed by atoms with Gasteiger partial charge in [0.1, 0.15) is 0 Å². The number of aliphatic hydroxyl groups excluding tert-OH is 1. The van der Waals surface area contributed by atoms with E-state index >= 15 is 0 Å². The first-order valence-corrected chi connectivity index (χ1v) is 6.06. The Morgan fingerprint density at radius 3 is 2.06 bits per heavy atom. The number of ether oxygens (including phenoxy) is 1. The Hall–Kier alpha value is -1.31. The molecule has 0 saturated heterocycles. The number of phosphoric acid groups is 1. The maximum Gasteiger partial charge on any atom is 0.466 e. The summed E-state index contributed by atoms with van der Waals surface area (Å²) in [5.74, 6) is -1.65. The van der Waals surface area contributed by atoms with E-state index < -0.39 is 25.9 Å².